The molecule has 0 aliphatic rings. The molecular formula is C15H29N3S. The monoisotopic (exact) mass is 283 g/mol. The van der Waals surface area contributed by atoms with Gasteiger partial charge in [0, 0.05) is 11.4 Å². The van der Waals surface area contributed by atoms with E-state index in [1.54, 1.807) is 11.3 Å². The first-order valence-corrected chi connectivity index (χ1v) is 8.20. The van der Waals surface area contributed by atoms with E-state index in [1.165, 1.54) is 23.4 Å². The van der Waals surface area contributed by atoms with Gasteiger partial charge in [-0.05, 0) is 58.2 Å². The van der Waals surface area contributed by atoms with E-state index < -0.39 is 0 Å². The van der Waals surface area contributed by atoms with Crippen molar-refractivity contribution in [2.24, 2.45) is 17.6 Å². The van der Waals surface area contributed by atoms with Crippen LogP contribution in [-0.2, 0) is 6.54 Å². The Morgan fingerprint density at radius 3 is 2.63 bits per heavy atom. The Balaban J connectivity index is 2.26. The number of nitrogens with two attached hydrogens (primary N) is 1. The minimum absolute atomic E-state index is 0.748. The molecule has 1 unspecified atom stereocenters. The van der Waals surface area contributed by atoms with Crippen LogP contribution in [0.1, 0.15) is 43.7 Å². The Morgan fingerprint density at radius 1 is 1.37 bits per heavy atom. The van der Waals surface area contributed by atoms with Crippen LogP contribution >= 0.6 is 11.3 Å². The van der Waals surface area contributed by atoms with E-state index >= 15 is 0 Å². The summed E-state index contributed by atoms with van der Waals surface area (Å²) < 4.78 is 0. The van der Waals surface area contributed by atoms with Crippen molar-refractivity contribution in [1.29, 1.82) is 0 Å². The Kier molecular flexibility index (Phi) is 7.57. The molecule has 1 aromatic heterocycles. The van der Waals surface area contributed by atoms with Crippen molar-refractivity contribution >= 4 is 11.3 Å². The molecule has 19 heavy (non-hydrogen) atoms. The molecule has 2 N–H and O–H groups in total. The van der Waals surface area contributed by atoms with Gasteiger partial charge in [0.1, 0.15) is 0 Å². The summed E-state index contributed by atoms with van der Waals surface area (Å²) in [6.07, 6.45) is 3.72. The van der Waals surface area contributed by atoms with Gasteiger partial charge in [0.05, 0.1) is 11.2 Å². The van der Waals surface area contributed by atoms with Crippen molar-refractivity contribution in [3.63, 3.8) is 0 Å². The van der Waals surface area contributed by atoms with Gasteiger partial charge in [-0.3, -0.25) is 0 Å². The fraction of sp³-hybridized carbons (Fsp3) is 0.800. The van der Waals surface area contributed by atoms with Crippen molar-refractivity contribution in [2.45, 2.75) is 46.6 Å². The third-order valence-electron chi connectivity index (χ3n) is 3.85. The second-order valence-corrected chi connectivity index (χ2v) is 6.76. The normalized spacial score (nSPS) is 13.4. The summed E-state index contributed by atoms with van der Waals surface area (Å²) >= 11 is 1.76. The lowest BCUT2D eigenvalue weighted by atomic mass is 9.88. The molecule has 0 saturated heterocycles. The summed E-state index contributed by atoms with van der Waals surface area (Å²) in [5, 5.41) is 0. The molecule has 3 nitrogen and oxygen atoms in total. The van der Waals surface area contributed by atoms with E-state index in [1.807, 2.05) is 5.51 Å². The van der Waals surface area contributed by atoms with Crippen LogP contribution in [0, 0.1) is 18.8 Å². The van der Waals surface area contributed by atoms with Gasteiger partial charge in [0.15, 0.2) is 0 Å². The Labute approximate surface area is 122 Å². The van der Waals surface area contributed by atoms with Crippen molar-refractivity contribution in [2.75, 3.05) is 20.1 Å². The topological polar surface area (TPSA) is 42.2 Å². The summed E-state index contributed by atoms with van der Waals surface area (Å²) in [6.45, 7) is 9.72. The maximum Gasteiger partial charge on any atom is 0.0798 e. The first-order chi connectivity index (χ1) is 9.04. The van der Waals surface area contributed by atoms with Crippen LogP contribution in [0.4, 0.5) is 0 Å². The average molecular weight is 283 g/mol. The fourth-order valence-electron chi connectivity index (χ4n) is 2.45. The second kappa shape index (κ2) is 8.67. The van der Waals surface area contributed by atoms with Crippen molar-refractivity contribution in [3.8, 4) is 0 Å². The fourth-order valence-corrected chi connectivity index (χ4v) is 3.31. The molecule has 1 rings (SSSR count). The van der Waals surface area contributed by atoms with Crippen LogP contribution in [0.2, 0.25) is 0 Å². The highest BCUT2D eigenvalue weighted by Crippen LogP contribution is 2.21. The lowest BCUT2D eigenvalue weighted by Gasteiger charge is -2.22. The summed E-state index contributed by atoms with van der Waals surface area (Å²) in [7, 11) is 2.20. The molecule has 0 spiro atoms. The van der Waals surface area contributed by atoms with Crippen LogP contribution in [-0.4, -0.2) is 30.0 Å². The summed E-state index contributed by atoms with van der Waals surface area (Å²) in [5.74, 6) is 1.53. The number of nitrogens with zero attached hydrogens (tertiary/aromatic N) is 2. The number of rotatable bonds is 9. The molecule has 1 aromatic rings. The smallest absolute Gasteiger partial charge is 0.0798 e. The van der Waals surface area contributed by atoms with Crippen molar-refractivity contribution < 1.29 is 0 Å². The van der Waals surface area contributed by atoms with Crippen molar-refractivity contribution in [3.05, 3.63) is 16.1 Å². The Hall–Kier alpha value is -0.450. The van der Waals surface area contributed by atoms with E-state index in [-0.39, 0.29) is 0 Å². The molecule has 0 amide bonds. The molecule has 110 valence electrons. The SMILES string of the molecule is Cc1ncsc1CN(C)CCCC(CCN)C(C)C. The first-order valence-electron chi connectivity index (χ1n) is 7.32. The standard InChI is InChI=1S/C15H29N3S/c1-12(2)14(7-8-16)6-5-9-18(4)10-15-13(3)17-11-19-15/h11-12,14H,5-10,16H2,1-4H3. The van der Waals surface area contributed by atoms with Gasteiger partial charge < -0.3 is 10.6 Å². The number of aryl methyl sites for hydroxylation is 1. The highest BCUT2D eigenvalue weighted by molar-refractivity contribution is 7.09. The van der Waals surface area contributed by atoms with Crippen molar-refractivity contribution in [1.82, 2.24) is 9.88 Å². The average Bonchev–Trinajstić information content (AvgIpc) is 2.73. The summed E-state index contributed by atoms with van der Waals surface area (Å²) in [5.41, 5.74) is 8.81. The molecule has 0 aliphatic heterocycles. The molecule has 4 heteroatoms. The van der Waals surface area contributed by atoms with Crippen LogP contribution in [0.25, 0.3) is 0 Å². The third-order valence-corrected chi connectivity index (χ3v) is 4.77. The molecule has 0 aromatic carbocycles. The van der Waals surface area contributed by atoms with Gasteiger partial charge in [-0.25, -0.2) is 4.98 Å². The van der Waals surface area contributed by atoms with Gasteiger partial charge in [-0.1, -0.05) is 13.8 Å². The number of thiazole rings is 1. The molecule has 1 heterocycles. The van der Waals surface area contributed by atoms with Gasteiger partial charge in [0.2, 0.25) is 0 Å². The van der Waals surface area contributed by atoms with Gasteiger partial charge in [-0.15, -0.1) is 11.3 Å². The van der Waals surface area contributed by atoms with Crippen LogP contribution in [0.3, 0.4) is 0 Å². The molecular weight excluding hydrogens is 254 g/mol. The van der Waals surface area contributed by atoms with Gasteiger partial charge in [0.25, 0.3) is 0 Å². The van der Waals surface area contributed by atoms with E-state index in [9.17, 15) is 0 Å². The number of hydrogen-bond donors (Lipinski definition) is 1. The predicted octanol–water partition coefficient (Wildman–Crippen LogP) is 3.28. The zero-order valence-corrected chi connectivity index (χ0v) is 13.7. The minimum Gasteiger partial charge on any atom is -0.330 e. The van der Waals surface area contributed by atoms with E-state index in [2.05, 4.69) is 37.7 Å². The lowest BCUT2D eigenvalue weighted by Crippen LogP contribution is -2.21. The number of hydrogen-bond acceptors (Lipinski definition) is 4. The molecule has 0 bridgehead atoms. The maximum atomic E-state index is 5.69. The lowest BCUT2D eigenvalue weighted by molar-refractivity contribution is 0.279. The van der Waals surface area contributed by atoms with Gasteiger partial charge >= 0.3 is 0 Å². The van der Waals surface area contributed by atoms with E-state index in [0.29, 0.717) is 0 Å². The number of aromatic nitrogens is 1. The Morgan fingerprint density at radius 2 is 2.11 bits per heavy atom. The zero-order valence-electron chi connectivity index (χ0n) is 12.9. The van der Waals surface area contributed by atoms with Gasteiger partial charge in [-0.2, -0.15) is 0 Å². The quantitative estimate of drug-likeness (QED) is 0.756. The van der Waals surface area contributed by atoms with Crippen LogP contribution in [0.5, 0.6) is 0 Å². The molecule has 0 aliphatic carbocycles. The highest BCUT2D eigenvalue weighted by atomic mass is 32.1. The first kappa shape index (κ1) is 16.6. The Bertz CT molecular complexity index is 349. The summed E-state index contributed by atoms with van der Waals surface area (Å²) in [6, 6.07) is 0. The van der Waals surface area contributed by atoms with E-state index in [4.69, 9.17) is 5.73 Å². The maximum absolute atomic E-state index is 5.69. The summed E-state index contributed by atoms with van der Waals surface area (Å²) in [4.78, 5) is 8.10. The minimum atomic E-state index is 0.748. The molecule has 0 fully saturated rings. The third kappa shape index (κ3) is 6.02. The second-order valence-electron chi connectivity index (χ2n) is 5.82. The van der Waals surface area contributed by atoms with E-state index in [0.717, 1.165) is 37.9 Å². The zero-order chi connectivity index (χ0) is 14.3. The molecule has 0 saturated carbocycles. The predicted molar refractivity (Wildman–Crippen MR) is 84.4 cm³/mol. The van der Waals surface area contributed by atoms with Crippen LogP contribution < -0.4 is 5.73 Å². The molecule has 1 atom stereocenters. The highest BCUT2D eigenvalue weighted by Gasteiger charge is 2.13. The molecule has 0 radical (unpaired) electrons. The van der Waals surface area contributed by atoms with Crippen LogP contribution in [0.15, 0.2) is 5.51 Å². The largest absolute Gasteiger partial charge is 0.330 e.